The van der Waals surface area contributed by atoms with Gasteiger partial charge >= 0.3 is 0 Å². The van der Waals surface area contributed by atoms with Gasteiger partial charge < -0.3 is 19.6 Å². The molecule has 6 heteroatoms. The Morgan fingerprint density at radius 2 is 1.54 bits per heavy atom. The number of carbonyl (C=O) groups is 1. The van der Waals surface area contributed by atoms with Crippen LogP contribution < -0.4 is 20.4 Å². The van der Waals surface area contributed by atoms with Crippen LogP contribution in [-0.2, 0) is 15.6 Å². The first kappa shape index (κ1) is 35.0. The van der Waals surface area contributed by atoms with Crippen LogP contribution in [0.1, 0.15) is 78.7 Å². The zero-order chi connectivity index (χ0) is 33.2. The molecule has 0 aliphatic carbocycles. The summed E-state index contributed by atoms with van der Waals surface area (Å²) in [6.45, 7) is 10.8. The number of carbonyl (C=O) groups excluding carboxylic acids is 1. The van der Waals surface area contributed by atoms with E-state index in [1.807, 2.05) is 12.2 Å². The van der Waals surface area contributed by atoms with Crippen LogP contribution in [0.3, 0.4) is 0 Å². The number of nitrogens with one attached hydrogen (secondary N) is 1. The molecule has 244 valence electrons. The van der Waals surface area contributed by atoms with Crippen LogP contribution >= 0.6 is 0 Å². The van der Waals surface area contributed by atoms with Crippen molar-refractivity contribution < 1.29 is 19.1 Å². The lowest BCUT2D eigenvalue weighted by molar-refractivity contribution is -0.112. The Labute approximate surface area is 277 Å². The molecule has 46 heavy (non-hydrogen) atoms. The summed E-state index contributed by atoms with van der Waals surface area (Å²) in [6.07, 6.45) is 14.7. The van der Waals surface area contributed by atoms with E-state index in [9.17, 15) is 9.90 Å². The summed E-state index contributed by atoms with van der Waals surface area (Å²) in [5.41, 5.74) is 2.76. The van der Waals surface area contributed by atoms with Crippen molar-refractivity contribution in [1.82, 2.24) is 0 Å². The predicted molar refractivity (Wildman–Crippen MR) is 194 cm³/mol. The van der Waals surface area contributed by atoms with Gasteiger partial charge in [0.15, 0.2) is 0 Å². The summed E-state index contributed by atoms with van der Waals surface area (Å²) in [4.78, 5) is 13.1. The molecule has 3 aromatic carbocycles. The van der Waals surface area contributed by atoms with Gasteiger partial charge in [-0.05, 0) is 67.1 Å². The molecular weight excluding hydrogens is 587 g/mol. The van der Waals surface area contributed by atoms with E-state index < -0.39 is 8.32 Å². The molecule has 0 saturated carbocycles. The number of rotatable bonds is 5. The third-order valence-corrected chi connectivity index (χ3v) is 14.0. The van der Waals surface area contributed by atoms with Crippen LogP contribution in [0, 0.1) is 0 Å². The van der Waals surface area contributed by atoms with E-state index >= 15 is 0 Å². The van der Waals surface area contributed by atoms with Gasteiger partial charge in [0.25, 0.3) is 14.2 Å². The number of allylic oxidation sites excluding steroid dienone is 4. The highest BCUT2D eigenvalue weighted by Gasteiger charge is 2.51. The van der Waals surface area contributed by atoms with Gasteiger partial charge in [-0.3, -0.25) is 4.79 Å². The molecule has 4 rings (SSSR count). The minimum absolute atomic E-state index is 0.0235. The molecule has 1 aliphatic rings. The number of ether oxygens (including phenoxy) is 1. The Bertz CT molecular complexity index is 1500. The summed E-state index contributed by atoms with van der Waals surface area (Å²) < 4.78 is 13.1. The summed E-state index contributed by atoms with van der Waals surface area (Å²) in [5.74, 6) is 0.391. The van der Waals surface area contributed by atoms with Gasteiger partial charge in [-0.2, -0.15) is 0 Å². The van der Waals surface area contributed by atoms with Gasteiger partial charge in [-0.1, -0.05) is 124 Å². The highest BCUT2D eigenvalue weighted by Crippen LogP contribution is 2.39. The summed E-state index contributed by atoms with van der Waals surface area (Å²) in [6, 6.07) is 25.1. The molecule has 5 nitrogen and oxygen atoms in total. The van der Waals surface area contributed by atoms with Gasteiger partial charge in [-0.25, -0.2) is 0 Å². The molecule has 3 aromatic rings. The molecular formula is C40H51NO4Si. The van der Waals surface area contributed by atoms with Crippen molar-refractivity contribution in [1.29, 1.82) is 0 Å². The highest BCUT2D eigenvalue weighted by atomic mass is 28.4. The molecule has 1 aliphatic heterocycles. The fraction of sp³-hybridized carbons (Fsp3) is 0.375. The first-order chi connectivity index (χ1) is 22.1. The Balaban J connectivity index is 1.67. The number of hydrogen-bond acceptors (Lipinski definition) is 4. The number of phenolic OH excluding ortho intramolecular Hbond substituents is 1. The molecule has 0 aromatic heterocycles. The number of fused-ring (bicyclic) bond motifs is 2. The molecule has 1 atom stereocenters. The maximum Gasteiger partial charge on any atom is 0.261 e. The van der Waals surface area contributed by atoms with E-state index in [1.54, 1.807) is 26.2 Å². The van der Waals surface area contributed by atoms with Crippen LogP contribution in [0.5, 0.6) is 11.5 Å². The minimum atomic E-state index is -2.71. The molecule has 0 saturated heterocycles. The van der Waals surface area contributed by atoms with Gasteiger partial charge in [0.1, 0.15) is 11.5 Å². The lowest BCUT2D eigenvalue weighted by Gasteiger charge is -2.45. The zero-order valence-corrected chi connectivity index (χ0v) is 29.4. The van der Waals surface area contributed by atoms with E-state index in [0.29, 0.717) is 29.0 Å². The second kappa shape index (κ2) is 16.1. The van der Waals surface area contributed by atoms with Crippen molar-refractivity contribution in [2.75, 3.05) is 12.4 Å². The second-order valence-corrected chi connectivity index (χ2v) is 17.6. The van der Waals surface area contributed by atoms with Crippen LogP contribution in [-0.4, -0.2) is 32.5 Å². The van der Waals surface area contributed by atoms with Crippen molar-refractivity contribution in [2.24, 2.45) is 0 Å². The predicted octanol–water partition coefficient (Wildman–Crippen LogP) is 8.63. The Morgan fingerprint density at radius 1 is 0.891 bits per heavy atom. The zero-order valence-electron chi connectivity index (χ0n) is 28.4. The Hall–Kier alpha value is -3.87. The Morgan fingerprint density at radius 3 is 2.15 bits per heavy atom. The third-order valence-electron chi connectivity index (χ3n) is 8.89. The smallest absolute Gasteiger partial charge is 0.261 e. The van der Waals surface area contributed by atoms with E-state index in [4.69, 9.17) is 9.16 Å². The van der Waals surface area contributed by atoms with E-state index in [0.717, 1.165) is 44.1 Å². The standard InChI is InChI=1S/C40H51NO4Si/c1-30-19-11-7-8-12-21-32(45-46(40(3,4)5,33-23-13-9-14-24-33)34-25-15-10-16-26-34)22-18-17-20-31(2)39(43)41-36-27-28-37(44-6)35(29-30)38(36)42/h9-10,13-20,23-28,32,42H,7-8,11-12,21-22,29H2,1-6H3,(H,41,43)/b18-17+,30-19+,31-20+. The normalized spacial score (nSPS) is 20.5. The number of benzene rings is 3. The van der Waals surface area contributed by atoms with E-state index in [2.05, 4.69) is 106 Å². The number of phenols is 1. The molecule has 0 spiro atoms. The van der Waals surface area contributed by atoms with Crippen LogP contribution in [0.15, 0.2) is 108 Å². The molecule has 1 amide bonds. The number of amides is 1. The van der Waals surface area contributed by atoms with Gasteiger partial charge in [0.05, 0.1) is 12.8 Å². The summed E-state index contributed by atoms with van der Waals surface area (Å²) >= 11 is 0. The molecule has 2 bridgehead atoms. The first-order valence-electron chi connectivity index (χ1n) is 16.5. The second-order valence-electron chi connectivity index (χ2n) is 13.4. The van der Waals surface area contributed by atoms with Gasteiger partial charge in [0.2, 0.25) is 0 Å². The maximum absolute atomic E-state index is 13.1. The van der Waals surface area contributed by atoms with Crippen molar-refractivity contribution in [3.05, 3.63) is 114 Å². The van der Waals surface area contributed by atoms with Crippen LogP contribution in [0.25, 0.3) is 0 Å². The van der Waals surface area contributed by atoms with Gasteiger partial charge in [-0.15, -0.1) is 0 Å². The minimum Gasteiger partial charge on any atom is -0.505 e. The number of methoxy groups -OCH3 is 1. The lowest BCUT2D eigenvalue weighted by Crippen LogP contribution is -2.67. The average molecular weight is 638 g/mol. The molecule has 1 unspecified atom stereocenters. The number of aromatic hydroxyl groups is 1. The molecule has 2 N–H and O–H groups in total. The highest BCUT2D eigenvalue weighted by molar-refractivity contribution is 6.99. The SMILES string of the molecule is COc1ccc2c(O)c1C/C(C)=C/CCCCCC(O[Si](c1ccccc1)(c1ccccc1)C(C)(C)C)C/C=C/C=C(\C)C(=O)N2. The molecule has 0 fully saturated rings. The first-order valence-corrected chi connectivity index (χ1v) is 18.5. The average Bonchev–Trinajstić information content (AvgIpc) is 3.04. The van der Waals surface area contributed by atoms with Gasteiger partial charge in [0, 0.05) is 23.7 Å². The monoisotopic (exact) mass is 637 g/mol. The molecule has 0 radical (unpaired) electrons. The van der Waals surface area contributed by atoms with Crippen LogP contribution in [0.2, 0.25) is 5.04 Å². The van der Waals surface area contributed by atoms with Crippen molar-refractivity contribution in [3.8, 4) is 11.5 Å². The largest absolute Gasteiger partial charge is 0.505 e. The third kappa shape index (κ3) is 8.48. The Kier molecular flexibility index (Phi) is 12.2. The van der Waals surface area contributed by atoms with Crippen molar-refractivity contribution in [2.45, 2.75) is 90.7 Å². The summed E-state index contributed by atoms with van der Waals surface area (Å²) in [5, 5.41) is 16.4. The number of anilines is 1. The molecule has 1 heterocycles. The van der Waals surface area contributed by atoms with Crippen molar-refractivity contribution in [3.63, 3.8) is 0 Å². The van der Waals surface area contributed by atoms with E-state index in [1.165, 1.54) is 10.4 Å². The quantitative estimate of drug-likeness (QED) is 0.167. The van der Waals surface area contributed by atoms with Crippen molar-refractivity contribution >= 4 is 30.3 Å². The van der Waals surface area contributed by atoms with E-state index in [-0.39, 0.29) is 22.8 Å². The number of hydrogen-bond donors (Lipinski definition) is 2. The fourth-order valence-corrected chi connectivity index (χ4v) is 11.1. The topological polar surface area (TPSA) is 67.8 Å². The lowest BCUT2D eigenvalue weighted by atomic mass is 10.0. The van der Waals surface area contributed by atoms with Crippen LogP contribution in [0.4, 0.5) is 5.69 Å². The fourth-order valence-electron chi connectivity index (χ4n) is 6.38. The summed E-state index contributed by atoms with van der Waals surface area (Å²) in [7, 11) is -1.11. The maximum atomic E-state index is 13.1.